The first-order valence-electron chi connectivity index (χ1n) is 8.75. The van der Waals surface area contributed by atoms with Gasteiger partial charge in [-0.15, -0.1) is 0 Å². The van der Waals surface area contributed by atoms with E-state index in [2.05, 4.69) is 24.4 Å². The van der Waals surface area contributed by atoms with Crippen molar-refractivity contribution >= 4 is 5.97 Å². The van der Waals surface area contributed by atoms with Gasteiger partial charge in [-0.25, -0.2) is 4.79 Å². The summed E-state index contributed by atoms with van der Waals surface area (Å²) in [6.45, 7) is 6.86. The van der Waals surface area contributed by atoms with Crippen molar-refractivity contribution in [2.75, 3.05) is 0 Å². The van der Waals surface area contributed by atoms with Crippen LogP contribution >= 0.6 is 0 Å². The van der Waals surface area contributed by atoms with Crippen molar-refractivity contribution in [1.29, 1.82) is 0 Å². The summed E-state index contributed by atoms with van der Waals surface area (Å²) < 4.78 is 5.65. The van der Waals surface area contributed by atoms with E-state index in [1.54, 1.807) is 18.2 Å². The van der Waals surface area contributed by atoms with Crippen LogP contribution in [0.1, 0.15) is 48.7 Å². The number of hydrogen-bond donors (Lipinski definition) is 2. The molecule has 4 nitrogen and oxygen atoms in total. The molecule has 2 N–H and O–H groups in total. The third kappa shape index (κ3) is 6.59. The maximum absolute atomic E-state index is 11.0. The van der Waals surface area contributed by atoms with E-state index in [4.69, 9.17) is 9.84 Å². The molecular weight excluding hydrogens is 314 g/mol. The summed E-state index contributed by atoms with van der Waals surface area (Å²) in [5.41, 5.74) is 2.61. The maximum atomic E-state index is 11.0. The Balaban J connectivity index is 1.77. The summed E-state index contributed by atoms with van der Waals surface area (Å²) in [5.74, 6) is 0.0167. The van der Waals surface area contributed by atoms with Gasteiger partial charge in [0.25, 0.3) is 0 Å². The molecule has 0 saturated heterocycles. The molecule has 2 aromatic carbocycles. The lowest BCUT2D eigenvalue weighted by atomic mass is 10.1. The van der Waals surface area contributed by atoms with Gasteiger partial charge in [-0.1, -0.05) is 24.3 Å². The molecule has 0 amide bonds. The predicted molar refractivity (Wildman–Crippen MR) is 100 cm³/mol. The van der Waals surface area contributed by atoms with E-state index in [-0.39, 0.29) is 6.10 Å². The molecule has 4 heteroatoms. The first-order valence-corrected chi connectivity index (χ1v) is 8.75. The van der Waals surface area contributed by atoms with E-state index in [0.717, 1.165) is 24.2 Å². The number of benzene rings is 2. The highest BCUT2D eigenvalue weighted by Gasteiger charge is 2.06. The highest BCUT2D eigenvalue weighted by atomic mass is 16.5. The molecule has 0 bridgehead atoms. The number of nitrogens with one attached hydrogen (secondary N) is 1. The van der Waals surface area contributed by atoms with Gasteiger partial charge in [-0.05, 0) is 69.0 Å². The SMILES string of the molecule is CC(CCc1ccc(OC(C)C)cc1)NCc1cccc(C(=O)O)c1. The second-order valence-electron chi connectivity index (χ2n) is 6.64. The largest absolute Gasteiger partial charge is 0.491 e. The van der Waals surface area contributed by atoms with Crippen LogP contribution in [0.25, 0.3) is 0 Å². The van der Waals surface area contributed by atoms with Crippen molar-refractivity contribution in [1.82, 2.24) is 5.32 Å². The first kappa shape index (κ1) is 19.0. The average Bonchev–Trinajstić information content (AvgIpc) is 2.59. The van der Waals surface area contributed by atoms with Crippen LogP contribution < -0.4 is 10.1 Å². The Hall–Kier alpha value is -2.33. The van der Waals surface area contributed by atoms with Gasteiger partial charge in [-0.2, -0.15) is 0 Å². The van der Waals surface area contributed by atoms with Crippen LogP contribution in [0.5, 0.6) is 5.75 Å². The summed E-state index contributed by atoms with van der Waals surface area (Å²) >= 11 is 0. The van der Waals surface area contributed by atoms with Gasteiger partial charge in [0.05, 0.1) is 11.7 Å². The zero-order chi connectivity index (χ0) is 18.2. The lowest BCUT2D eigenvalue weighted by Crippen LogP contribution is -2.26. The van der Waals surface area contributed by atoms with Crippen molar-refractivity contribution in [3.63, 3.8) is 0 Å². The van der Waals surface area contributed by atoms with Gasteiger partial charge in [-0.3, -0.25) is 0 Å². The zero-order valence-corrected chi connectivity index (χ0v) is 15.2. The molecule has 0 fully saturated rings. The third-order valence-corrected chi connectivity index (χ3v) is 3.99. The Bertz CT molecular complexity index is 680. The van der Waals surface area contributed by atoms with Crippen LogP contribution in [0.3, 0.4) is 0 Å². The fourth-order valence-electron chi connectivity index (χ4n) is 2.60. The van der Waals surface area contributed by atoms with Crippen molar-refractivity contribution in [2.45, 2.75) is 52.3 Å². The van der Waals surface area contributed by atoms with Gasteiger partial charge in [0.15, 0.2) is 0 Å². The van der Waals surface area contributed by atoms with Crippen molar-refractivity contribution in [3.05, 3.63) is 65.2 Å². The van der Waals surface area contributed by atoms with Gasteiger partial charge < -0.3 is 15.2 Å². The van der Waals surface area contributed by atoms with Gasteiger partial charge in [0.2, 0.25) is 0 Å². The first-order chi connectivity index (χ1) is 11.9. The number of rotatable bonds is 9. The van der Waals surface area contributed by atoms with Crippen molar-refractivity contribution in [2.24, 2.45) is 0 Å². The topological polar surface area (TPSA) is 58.6 Å². The minimum absolute atomic E-state index is 0.190. The molecule has 0 aliphatic rings. The Kier molecular flexibility index (Phi) is 7.02. The molecule has 0 saturated carbocycles. The molecule has 2 aromatic rings. The summed E-state index contributed by atoms with van der Waals surface area (Å²) in [6.07, 6.45) is 2.20. The maximum Gasteiger partial charge on any atom is 0.335 e. The Morgan fingerprint density at radius 1 is 1.08 bits per heavy atom. The summed E-state index contributed by atoms with van der Waals surface area (Å²) in [6, 6.07) is 15.7. The number of ether oxygens (including phenoxy) is 1. The Labute approximate surface area is 149 Å². The summed E-state index contributed by atoms with van der Waals surface area (Å²) in [4.78, 5) is 11.0. The van der Waals surface area contributed by atoms with Crippen LogP contribution in [-0.4, -0.2) is 23.2 Å². The van der Waals surface area contributed by atoms with E-state index in [1.165, 1.54) is 5.56 Å². The molecule has 0 aliphatic carbocycles. The molecule has 1 unspecified atom stereocenters. The standard InChI is InChI=1S/C21H27NO3/c1-15(2)25-20-11-9-17(10-12-20)8-7-16(3)22-14-18-5-4-6-19(13-18)21(23)24/h4-6,9-13,15-16,22H,7-8,14H2,1-3H3,(H,23,24). The molecule has 0 aromatic heterocycles. The minimum Gasteiger partial charge on any atom is -0.491 e. The van der Waals surface area contributed by atoms with E-state index < -0.39 is 5.97 Å². The van der Waals surface area contributed by atoms with Crippen LogP contribution in [0.2, 0.25) is 0 Å². The van der Waals surface area contributed by atoms with Gasteiger partial charge >= 0.3 is 5.97 Å². The minimum atomic E-state index is -0.889. The Morgan fingerprint density at radius 3 is 2.44 bits per heavy atom. The second-order valence-corrected chi connectivity index (χ2v) is 6.64. The number of carboxylic acids is 1. The average molecular weight is 341 g/mol. The van der Waals surface area contributed by atoms with Crippen LogP contribution in [-0.2, 0) is 13.0 Å². The fourth-order valence-corrected chi connectivity index (χ4v) is 2.60. The van der Waals surface area contributed by atoms with E-state index >= 15 is 0 Å². The molecule has 0 spiro atoms. The highest BCUT2D eigenvalue weighted by molar-refractivity contribution is 5.87. The molecule has 0 heterocycles. The molecule has 2 rings (SSSR count). The Morgan fingerprint density at radius 2 is 1.80 bits per heavy atom. The van der Waals surface area contributed by atoms with Crippen LogP contribution in [0.4, 0.5) is 0 Å². The molecule has 1 atom stereocenters. The monoisotopic (exact) mass is 341 g/mol. The van der Waals surface area contributed by atoms with Gasteiger partial charge in [0.1, 0.15) is 5.75 Å². The molecular formula is C21H27NO3. The normalized spacial score (nSPS) is 12.2. The highest BCUT2D eigenvalue weighted by Crippen LogP contribution is 2.15. The molecule has 0 radical (unpaired) electrons. The third-order valence-electron chi connectivity index (χ3n) is 3.99. The summed E-state index contributed by atoms with van der Waals surface area (Å²) in [7, 11) is 0. The lowest BCUT2D eigenvalue weighted by molar-refractivity contribution is 0.0696. The zero-order valence-electron chi connectivity index (χ0n) is 15.2. The number of carbonyl (C=O) groups is 1. The second kappa shape index (κ2) is 9.23. The van der Waals surface area contributed by atoms with Crippen LogP contribution in [0, 0.1) is 0 Å². The quantitative estimate of drug-likeness (QED) is 0.714. The van der Waals surface area contributed by atoms with E-state index in [0.29, 0.717) is 18.2 Å². The van der Waals surface area contributed by atoms with E-state index in [9.17, 15) is 4.79 Å². The summed E-state index contributed by atoms with van der Waals surface area (Å²) in [5, 5.41) is 12.5. The predicted octanol–water partition coefficient (Wildman–Crippen LogP) is 4.28. The lowest BCUT2D eigenvalue weighted by Gasteiger charge is -2.15. The number of aromatic carboxylic acids is 1. The number of hydrogen-bond acceptors (Lipinski definition) is 3. The molecule has 134 valence electrons. The van der Waals surface area contributed by atoms with Crippen molar-refractivity contribution < 1.29 is 14.6 Å². The van der Waals surface area contributed by atoms with Crippen molar-refractivity contribution in [3.8, 4) is 5.75 Å². The van der Waals surface area contributed by atoms with Crippen LogP contribution in [0.15, 0.2) is 48.5 Å². The smallest absolute Gasteiger partial charge is 0.335 e. The molecule has 0 aliphatic heterocycles. The number of aryl methyl sites for hydroxylation is 1. The fraction of sp³-hybridized carbons (Fsp3) is 0.381. The molecule has 25 heavy (non-hydrogen) atoms. The van der Waals surface area contributed by atoms with Gasteiger partial charge in [0, 0.05) is 12.6 Å². The number of carboxylic acid groups (broad SMARTS) is 1. The van der Waals surface area contributed by atoms with E-state index in [1.807, 2.05) is 32.0 Å².